The molecule has 0 atom stereocenters. The van der Waals surface area contributed by atoms with Gasteiger partial charge in [0.2, 0.25) is 28.5 Å². The summed E-state index contributed by atoms with van der Waals surface area (Å²) in [5, 5.41) is 16.3. The van der Waals surface area contributed by atoms with Gasteiger partial charge in [0.25, 0.3) is 0 Å². The van der Waals surface area contributed by atoms with Crippen LogP contribution in [0.1, 0.15) is 117 Å². The smallest absolute Gasteiger partial charge is 0.229 e. The molecule has 0 N–H and O–H groups in total. The first-order valence-corrected chi connectivity index (χ1v) is 33.6. The minimum atomic E-state index is -2.30. The molecular weight excluding hydrogens is 1280 g/mol. The van der Waals surface area contributed by atoms with Gasteiger partial charge in [-0.05, 0) is 158 Å². The Morgan fingerprint density at radius 1 is 0.356 bits per heavy atom. The standard InChI is InChI=1S/4C23H21N2O/c1-13-7-9-19-18-10-8-17(24-5)12-21(18)26-23(19)22(13)20-11-14(2)15(3)16(4)25(20)6;1-13-7-9-18-19-12-17(24-5)8-10-21(19)26-23(18)22(13)20-11-14(2)15(3)16(4)25(20)6;1-13-10-11-18-17-8-7-9-19(24-5)22(17)26-23(18)21(13)20-12-14(2)15(3)16(4)25(20)6;1-13-9-10-18-22-17(12-24)7-6-8-20(22)26-23(18)21(13)19-11-14(2)15(3)16(4)25(19)5/h3*7-12H,1-4,6H3;6-11H,1-5H3/q4*+1/i2*3D3,11D;3D3,12D;3D3,11D. The average molecular weight is 1380 g/mol. The van der Waals surface area contributed by atoms with E-state index in [1.807, 2.05) is 107 Å². The molecule has 0 spiro atoms. The second-order valence-corrected chi connectivity index (χ2v) is 26.6. The van der Waals surface area contributed by atoms with E-state index in [4.69, 9.17) is 59.3 Å². The number of nitriles is 1. The maximum Gasteiger partial charge on any atom is 0.229 e. The molecule has 0 bridgehead atoms. The van der Waals surface area contributed by atoms with Gasteiger partial charge in [-0.2, -0.15) is 23.5 Å². The minimum Gasteiger partial charge on any atom is -0.466 e. The van der Waals surface area contributed by atoms with E-state index in [-0.39, 0.29) is 46.4 Å². The Balaban J connectivity index is 0.000000138. The van der Waals surface area contributed by atoms with Gasteiger partial charge in [-0.3, -0.25) is 0 Å². The fourth-order valence-corrected chi connectivity index (χ4v) is 13.9. The molecule has 8 heterocycles. The number of hydrogen-bond acceptors (Lipinski definition) is 5. The Hall–Kier alpha value is -12.5. The molecule has 0 radical (unpaired) electrons. The number of pyridine rings is 4. The molecule has 0 aliphatic heterocycles. The van der Waals surface area contributed by atoms with Gasteiger partial charge in [0.05, 0.1) is 59.1 Å². The van der Waals surface area contributed by atoms with E-state index in [0.717, 1.165) is 87.6 Å². The molecule has 12 nitrogen and oxygen atoms in total. The molecule has 0 amide bonds. The van der Waals surface area contributed by atoms with Crippen molar-refractivity contribution >= 4 is 105 Å². The summed E-state index contributed by atoms with van der Waals surface area (Å²) in [5.41, 5.74) is 21.0. The summed E-state index contributed by atoms with van der Waals surface area (Å²) < 4.78 is 162. The van der Waals surface area contributed by atoms with Crippen LogP contribution in [0.3, 0.4) is 0 Å². The van der Waals surface area contributed by atoms with E-state index in [9.17, 15) is 5.26 Å². The number of hydrogen-bond donors (Lipinski definition) is 0. The van der Waals surface area contributed by atoms with E-state index < -0.39 is 27.4 Å². The van der Waals surface area contributed by atoms with Gasteiger partial charge in [-0.1, -0.05) is 91.0 Å². The molecule has 512 valence electrons. The lowest BCUT2D eigenvalue weighted by molar-refractivity contribution is -0.667. The second-order valence-electron chi connectivity index (χ2n) is 26.6. The number of para-hydroxylation sites is 1. The summed E-state index contributed by atoms with van der Waals surface area (Å²) in [6.45, 7) is 34.4. The Labute approximate surface area is 630 Å². The van der Waals surface area contributed by atoms with Crippen molar-refractivity contribution in [1.82, 2.24) is 0 Å². The van der Waals surface area contributed by atoms with Gasteiger partial charge in [-0.25, -0.2) is 14.5 Å². The van der Waals surface area contributed by atoms with Crippen LogP contribution in [0.25, 0.3) is 147 Å². The molecule has 0 aliphatic rings. The first kappa shape index (κ1) is 52.5. The lowest BCUT2D eigenvalue weighted by Gasteiger charge is -2.10. The number of furan rings is 4. The lowest BCUT2D eigenvalue weighted by Crippen LogP contribution is -2.36. The van der Waals surface area contributed by atoms with Crippen molar-refractivity contribution in [3.05, 3.63) is 275 Å². The summed E-state index contributed by atoms with van der Waals surface area (Å²) >= 11 is 0. The molecule has 16 aromatic rings. The quantitative estimate of drug-likeness (QED) is 0.129. The van der Waals surface area contributed by atoms with Crippen LogP contribution in [0.2, 0.25) is 0 Å². The summed E-state index contributed by atoms with van der Waals surface area (Å²) in [4.78, 5) is 10.6. The van der Waals surface area contributed by atoms with E-state index in [0.29, 0.717) is 135 Å². The maximum atomic E-state index is 9.54. The van der Waals surface area contributed by atoms with E-state index >= 15 is 0 Å². The third-order valence-electron chi connectivity index (χ3n) is 20.4. The SMILES string of the molecule is [2H]c1c(C)c(C([2H])([2H])[2H])c(C)[n+](C)c1-c1c(C)ccc2c1oc1c([N+]#[C-])cccc12.[2H]c1c(C)c(C([2H])([2H])[2H])c(C)[n+](C)c1-c1c(C)ccc2c1oc1cc([N+]#[C-])ccc12.[2H]c1c(C)c(C([2H])([2H])[2H])c(C)[n+](C)c1-c1c(C)ccc2c1oc1ccc([N+]#[C-])cc12.[2H]c1c(C)c(C([2H])([2H])[2H])c(C)[n+](C)c1-c1c(C)ccc2c1oc1cccc(C#N)c12. The Morgan fingerprint density at radius 2 is 0.721 bits per heavy atom. The normalized spacial score (nSPS) is 14.0. The highest BCUT2D eigenvalue weighted by atomic mass is 16.3. The lowest BCUT2D eigenvalue weighted by atomic mass is 9.97. The first-order valence-electron chi connectivity index (χ1n) is 41.6. The van der Waals surface area contributed by atoms with Crippen molar-refractivity contribution in [2.45, 2.75) is 110 Å². The number of aryl methyl sites for hydroxylation is 4. The molecule has 0 fully saturated rings. The monoisotopic (exact) mass is 1380 g/mol. The zero-order valence-corrected chi connectivity index (χ0v) is 60.8. The average Bonchev–Trinajstić information content (AvgIpc) is 1.47. The van der Waals surface area contributed by atoms with Gasteiger partial charge in [-0.15, -0.1) is 0 Å². The zero-order chi connectivity index (χ0) is 87.8. The van der Waals surface area contributed by atoms with Gasteiger partial charge in [0, 0.05) is 134 Å². The molecule has 104 heavy (non-hydrogen) atoms. The van der Waals surface area contributed by atoms with E-state index in [2.05, 4.69) is 20.6 Å². The van der Waals surface area contributed by atoms with Gasteiger partial charge in [0.15, 0.2) is 34.2 Å². The van der Waals surface area contributed by atoms with Crippen LogP contribution in [0.5, 0.6) is 0 Å². The predicted molar refractivity (Wildman–Crippen MR) is 421 cm³/mol. The van der Waals surface area contributed by atoms with Crippen LogP contribution < -0.4 is 18.3 Å². The van der Waals surface area contributed by atoms with Gasteiger partial charge in [0.1, 0.15) is 72.9 Å². The summed E-state index contributed by atoms with van der Waals surface area (Å²) in [6.07, 6.45) is 0. The number of fused-ring (bicyclic) bond motifs is 12. The number of benzene rings is 8. The maximum absolute atomic E-state index is 9.54. The van der Waals surface area contributed by atoms with Crippen molar-refractivity contribution in [3.8, 4) is 51.1 Å². The minimum absolute atomic E-state index is 0.158. The molecule has 0 aliphatic carbocycles. The van der Waals surface area contributed by atoms with Crippen LogP contribution in [-0.4, -0.2) is 0 Å². The number of aromatic nitrogens is 4. The molecule has 0 saturated carbocycles. The first-order chi connectivity index (χ1) is 56.3. The summed E-state index contributed by atoms with van der Waals surface area (Å²) in [6, 6.07) is 40.1. The van der Waals surface area contributed by atoms with Crippen molar-refractivity contribution in [1.29, 1.82) is 5.26 Å². The van der Waals surface area contributed by atoms with Crippen molar-refractivity contribution in [2.75, 3.05) is 0 Å². The van der Waals surface area contributed by atoms with Gasteiger partial charge < -0.3 is 17.7 Å². The fourth-order valence-electron chi connectivity index (χ4n) is 13.9. The van der Waals surface area contributed by atoms with Crippen molar-refractivity contribution in [2.24, 2.45) is 28.2 Å². The molecule has 0 unspecified atom stereocenters. The van der Waals surface area contributed by atoms with E-state index in [1.54, 1.807) is 144 Å². The van der Waals surface area contributed by atoms with E-state index in [1.165, 1.54) is 0 Å². The number of rotatable bonds is 4. The van der Waals surface area contributed by atoms with Crippen LogP contribution in [0.4, 0.5) is 17.1 Å². The predicted octanol–water partition coefficient (Wildman–Crippen LogP) is 22.8. The van der Waals surface area contributed by atoms with Crippen LogP contribution >= 0.6 is 0 Å². The van der Waals surface area contributed by atoms with Crippen LogP contribution in [0, 0.1) is 142 Å². The van der Waals surface area contributed by atoms with Crippen molar-refractivity contribution in [3.63, 3.8) is 0 Å². The third-order valence-corrected chi connectivity index (χ3v) is 20.4. The highest BCUT2D eigenvalue weighted by Crippen LogP contribution is 2.44. The van der Waals surface area contributed by atoms with Crippen LogP contribution in [0.15, 0.2) is 163 Å². The third kappa shape index (κ3) is 11.6. The zero-order valence-electron chi connectivity index (χ0n) is 76.8. The summed E-state index contributed by atoms with van der Waals surface area (Å²) in [7, 11) is 7.13. The molecule has 0 saturated heterocycles. The highest BCUT2D eigenvalue weighted by molar-refractivity contribution is 6.15. The molecule has 8 aromatic heterocycles. The van der Waals surface area contributed by atoms with Crippen molar-refractivity contribution < 1.29 is 57.9 Å². The highest BCUT2D eigenvalue weighted by Gasteiger charge is 2.29. The molecule has 16 rings (SSSR count). The Morgan fingerprint density at radius 3 is 1.16 bits per heavy atom. The summed E-state index contributed by atoms with van der Waals surface area (Å²) in [5.74, 6) is 0. The topological polar surface area (TPSA) is 105 Å². The second kappa shape index (κ2) is 27.1. The fraction of sp³-hybridized carbons (Fsp3) is 0.217. The van der Waals surface area contributed by atoms with Crippen LogP contribution in [-0.2, 0) is 28.2 Å². The number of nitrogens with zero attached hydrogens (tertiary/aromatic N) is 8. The molecule has 12 heteroatoms. The molecule has 8 aromatic carbocycles. The Kier molecular flexibility index (Phi) is 13.7. The molecular formula is C92H84N8O4+4. The van der Waals surface area contributed by atoms with Gasteiger partial charge >= 0.3 is 0 Å². The Bertz CT molecular complexity index is 6970. The largest absolute Gasteiger partial charge is 0.466 e.